The molecule has 1 aromatic rings. The van der Waals surface area contributed by atoms with Crippen molar-refractivity contribution in [3.05, 3.63) is 22.4 Å². The topological polar surface area (TPSA) is 79.3 Å². The molecule has 7 nitrogen and oxygen atoms in total. The Balaban J connectivity index is 0.000000339. The van der Waals surface area contributed by atoms with Crippen LogP contribution < -0.4 is 0 Å². The van der Waals surface area contributed by atoms with E-state index in [1.54, 1.807) is 16.4 Å². The molecule has 0 aromatic carbocycles. The lowest BCUT2D eigenvalue weighted by Crippen LogP contribution is -2.41. The molecule has 1 amide bonds. The van der Waals surface area contributed by atoms with Crippen molar-refractivity contribution in [1.82, 2.24) is 9.96 Å². The number of fused-ring (bicyclic) bond motifs is 1. The molecule has 0 unspecified atom stereocenters. The smallest absolute Gasteiger partial charge is 0.475 e. The van der Waals surface area contributed by atoms with E-state index in [0.29, 0.717) is 37.4 Å². The summed E-state index contributed by atoms with van der Waals surface area (Å²) in [6, 6.07) is 2.21. The molecule has 3 aliphatic heterocycles. The van der Waals surface area contributed by atoms with Crippen molar-refractivity contribution >= 4 is 23.2 Å². The zero-order chi connectivity index (χ0) is 22.4. The number of nitrogens with zero attached hydrogens (tertiary/aromatic N) is 2. The Hall–Kier alpha value is -1.69. The van der Waals surface area contributed by atoms with Crippen molar-refractivity contribution in [3.8, 4) is 0 Å². The van der Waals surface area contributed by atoms with Crippen LogP contribution in [0.5, 0.6) is 0 Å². The average molecular weight is 465 g/mol. The molecule has 3 aliphatic rings. The van der Waals surface area contributed by atoms with Crippen LogP contribution in [0.4, 0.5) is 13.2 Å². The number of hydroxylamine groups is 2. The molecular weight excluding hydrogens is 437 g/mol. The van der Waals surface area contributed by atoms with Gasteiger partial charge in [-0.3, -0.25) is 14.5 Å². The van der Waals surface area contributed by atoms with E-state index in [9.17, 15) is 18.0 Å². The van der Waals surface area contributed by atoms with Gasteiger partial charge in [0.05, 0.1) is 19.8 Å². The second kappa shape index (κ2) is 10.8. The molecular formula is C20H27F3N2O5S. The maximum Gasteiger partial charge on any atom is 0.490 e. The van der Waals surface area contributed by atoms with Crippen molar-refractivity contribution in [3.63, 3.8) is 0 Å². The van der Waals surface area contributed by atoms with Gasteiger partial charge in [-0.1, -0.05) is 0 Å². The maximum absolute atomic E-state index is 12.5. The quantitative estimate of drug-likeness (QED) is 0.738. The normalized spacial score (nSPS) is 26.7. The largest absolute Gasteiger partial charge is 0.490 e. The minimum absolute atomic E-state index is 0.139. The Bertz CT molecular complexity index is 725. The van der Waals surface area contributed by atoms with E-state index in [-0.39, 0.29) is 5.91 Å². The SMILES string of the molecule is O=C(C[C@@H]1COC[C@H]2CN(Cc3ccsc3)C[C@@H]12)N1CCCCO1.O=C(O)C(F)(F)F. The van der Waals surface area contributed by atoms with E-state index >= 15 is 0 Å². The predicted molar refractivity (Wildman–Crippen MR) is 106 cm³/mol. The standard InChI is InChI=1S/C18H26N2O3S.C2HF3O2/c21-18(20-4-1-2-5-23-20)7-15-11-22-12-16-9-19(10-17(15)16)8-14-3-6-24-13-14;3-2(4,5)1(6)7/h3,6,13,15-17H,1-2,4-5,7-12H2;(H,6,7)/t15-,16-,17+;/m1./s1. The van der Waals surface area contributed by atoms with E-state index in [1.807, 2.05) is 0 Å². The highest BCUT2D eigenvalue weighted by Crippen LogP contribution is 2.36. The third kappa shape index (κ3) is 6.90. The summed E-state index contributed by atoms with van der Waals surface area (Å²) in [6.45, 7) is 6.17. The molecule has 4 heterocycles. The lowest BCUT2D eigenvalue weighted by molar-refractivity contribution is -0.199. The van der Waals surface area contributed by atoms with E-state index in [0.717, 1.165) is 45.6 Å². The Morgan fingerprint density at radius 2 is 2.00 bits per heavy atom. The van der Waals surface area contributed by atoms with Crippen molar-refractivity contribution in [2.45, 2.75) is 32.0 Å². The first-order valence-corrected chi connectivity index (χ1v) is 11.2. The number of ether oxygens (including phenoxy) is 1. The summed E-state index contributed by atoms with van der Waals surface area (Å²) in [6.07, 6.45) is -2.42. The number of carboxylic acids is 1. The molecule has 3 saturated heterocycles. The van der Waals surface area contributed by atoms with E-state index in [1.165, 1.54) is 5.56 Å². The van der Waals surface area contributed by atoms with E-state index < -0.39 is 12.1 Å². The number of aliphatic carboxylic acids is 1. The van der Waals surface area contributed by atoms with Crippen molar-refractivity contribution < 1.29 is 37.4 Å². The van der Waals surface area contributed by atoms with Crippen LogP contribution >= 0.6 is 11.3 Å². The van der Waals surface area contributed by atoms with Gasteiger partial charge in [0.25, 0.3) is 0 Å². The molecule has 0 aliphatic carbocycles. The van der Waals surface area contributed by atoms with Gasteiger partial charge in [-0.2, -0.15) is 24.5 Å². The zero-order valence-electron chi connectivity index (χ0n) is 17.1. The summed E-state index contributed by atoms with van der Waals surface area (Å²) < 4.78 is 37.6. The highest BCUT2D eigenvalue weighted by molar-refractivity contribution is 7.07. The summed E-state index contributed by atoms with van der Waals surface area (Å²) in [5, 5.41) is 13.1. The van der Waals surface area contributed by atoms with Crippen molar-refractivity contribution in [2.75, 3.05) is 39.5 Å². The fourth-order valence-electron chi connectivity index (χ4n) is 4.29. The van der Waals surface area contributed by atoms with Crippen LogP contribution in [0, 0.1) is 17.8 Å². The molecule has 0 spiro atoms. The summed E-state index contributed by atoms with van der Waals surface area (Å²) in [7, 11) is 0. The van der Waals surface area contributed by atoms with Crippen LogP contribution in [0.3, 0.4) is 0 Å². The minimum Gasteiger partial charge on any atom is -0.475 e. The maximum atomic E-state index is 12.5. The number of amides is 1. The summed E-state index contributed by atoms with van der Waals surface area (Å²) in [5.74, 6) is -1.15. The number of carbonyl (C=O) groups excluding carboxylic acids is 1. The predicted octanol–water partition coefficient (Wildman–Crippen LogP) is 3.02. The second-order valence-corrected chi connectivity index (χ2v) is 8.87. The number of alkyl halides is 3. The van der Waals surface area contributed by atoms with Crippen LogP contribution in [0.1, 0.15) is 24.8 Å². The van der Waals surface area contributed by atoms with Crippen LogP contribution in [0.15, 0.2) is 16.8 Å². The van der Waals surface area contributed by atoms with Gasteiger partial charge in [0.2, 0.25) is 5.91 Å². The summed E-state index contributed by atoms with van der Waals surface area (Å²) in [4.78, 5) is 29.5. The van der Waals surface area contributed by atoms with Gasteiger partial charge in [0, 0.05) is 32.6 Å². The minimum atomic E-state index is -5.08. The lowest BCUT2D eigenvalue weighted by atomic mass is 9.81. The third-order valence-electron chi connectivity index (χ3n) is 5.78. The number of carboxylic acid groups (broad SMARTS) is 1. The van der Waals surface area contributed by atoms with Gasteiger partial charge in [-0.05, 0) is 53.0 Å². The monoisotopic (exact) mass is 464 g/mol. The van der Waals surface area contributed by atoms with Crippen LogP contribution in [-0.2, 0) is 25.7 Å². The fourth-order valence-corrected chi connectivity index (χ4v) is 4.95. The molecule has 0 radical (unpaired) electrons. The first-order chi connectivity index (χ1) is 14.7. The molecule has 0 bridgehead atoms. The second-order valence-electron chi connectivity index (χ2n) is 8.09. The zero-order valence-corrected chi connectivity index (χ0v) is 17.9. The lowest BCUT2D eigenvalue weighted by Gasteiger charge is -2.34. The van der Waals surface area contributed by atoms with Crippen molar-refractivity contribution in [2.24, 2.45) is 17.8 Å². The first-order valence-electron chi connectivity index (χ1n) is 10.3. The number of carbonyl (C=O) groups is 2. The number of likely N-dealkylation sites (tertiary alicyclic amines) is 1. The average Bonchev–Trinajstić information content (AvgIpc) is 3.38. The number of hydrogen-bond acceptors (Lipinski definition) is 6. The Labute approximate surface area is 182 Å². The Morgan fingerprint density at radius 1 is 1.23 bits per heavy atom. The van der Waals surface area contributed by atoms with Gasteiger partial charge in [0.1, 0.15) is 0 Å². The van der Waals surface area contributed by atoms with Gasteiger partial charge in [0.15, 0.2) is 0 Å². The molecule has 3 fully saturated rings. The Morgan fingerprint density at radius 3 is 2.61 bits per heavy atom. The van der Waals surface area contributed by atoms with Gasteiger partial charge < -0.3 is 9.84 Å². The molecule has 0 saturated carbocycles. The van der Waals surface area contributed by atoms with E-state index in [2.05, 4.69) is 21.7 Å². The Kier molecular flexibility index (Phi) is 8.31. The van der Waals surface area contributed by atoms with Gasteiger partial charge >= 0.3 is 12.1 Å². The molecule has 3 atom stereocenters. The van der Waals surface area contributed by atoms with E-state index in [4.69, 9.17) is 19.5 Å². The third-order valence-corrected chi connectivity index (χ3v) is 6.52. The number of halogens is 3. The number of hydrogen-bond donors (Lipinski definition) is 1. The fraction of sp³-hybridized carbons (Fsp3) is 0.700. The molecule has 11 heteroatoms. The highest BCUT2D eigenvalue weighted by atomic mass is 32.1. The number of thiophene rings is 1. The first kappa shape index (κ1) is 24.0. The van der Waals surface area contributed by atoms with Crippen molar-refractivity contribution in [1.29, 1.82) is 0 Å². The highest BCUT2D eigenvalue weighted by Gasteiger charge is 2.42. The van der Waals surface area contributed by atoms with Crippen LogP contribution in [0.25, 0.3) is 0 Å². The van der Waals surface area contributed by atoms with Crippen LogP contribution in [0.2, 0.25) is 0 Å². The molecule has 31 heavy (non-hydrogen) atoms. The van der Waals surface area contributed by atoms with Gasteiger partial charge in [-0.25, -0.2) is 9.86 Å². The molecule has 1 N–H and O–H groups in total. The summed E-state index contributed by atoms with van der Waals surface area (Å²) >= 11 is 1.76. The van der Waals surface area contributed by atoms with Crippen LogP contribution in [-0.4, -0.2) is 72.6 Å². The molecule has 1 aromatic heterocycles. The van der Waals surface area contributed by atoms with Gasteiger partial charge in [-0.15, -0.1) is 0 Å². The molecule has 4 rings (SSSR count). The number of rotatable bonds is 4. The summed E-state index contributed by atoms with van der Waals surface area (Å²) in [5.41, 5.74) is 1.40. The molecule has 174 valence electrons.